The second-order valence-electron chi connectivity index (χ2n) is 6.50. The summed E-state index contributed by atoms with van der Waals surface area (Å²) in [6, 6.07) is 12.4. The van der Waals surface area contributed by atoms with Gasteiger partial charge in [0.05, 0.1) is 16.0 Å². The lowest BCUT2D eigenvalue weighted by molar-refractivity contribution is -0.142. The third-order valence-electron chi connectivity index (χ3n) is 4.00. The first-order valence-corrected chi connectivity index (χ1v) is 8.85. The van der Waals surface area contributed by atoms with Crippen LogP contribution in [0.15, 0.2) is 42.5 Å². The van der Waals surface area contributed by atoms with E-state index in [1.807, 2.05) is 32.0 Å². The fraction of sp³-hybridized carbons (Fsp3) is 0.300. The van der Waals surface area contributed by atoms with E-state index in [1.165, 1.54) is 0 Å². The minimum atomic E-state index is -0.922. The molecule has 0 saturated carbocycles. The first-order valence-electron chi connectivity index (χ1n) is 8.09. The van der Waals surface area contributed by atoms with Gasteiger partial charge in [-0.15, -0.1) is 0 Å². The molecule has 1 N–H and O–H groups in total. The molecule has 0 amide bonds. The summed E-state index contributed by atoms with van der Waals surface area (Å²) in [5.41, 5.74) is 2.32. The average molecular weight is 379 g/mol. The van der Waals surface area contributed by atoms with Crippen LogP contribution in [0.2, 0.25) is 10.0 Å². The molecule has 132 valence electrons. The van der Waals surface area contributed by atoms with E-state index < -0.39 is 11.9 Å². The van der Waals surface area contributed by atoms with E-state index in [0.717, 1.165) is 11.1 Å². The summed E-state index contributed by atoms with van der Waals surface area (Å²) in [4.78, 5) is 23.7. The van der Waals surface area contributed by atoms with Crippen molar-refractivity contribution in [2.24, 2.45) is 11.8 Å². The van der Waals surface area contributed by atoms with E-state index in [4.69, 9.17) is 23.2 Å². The molecule has 0 radical (unpaired) electrons. The van der Waals surface area contributed by atoms with Crippen LogP contribution >= 0.6 is 23.2 Å². The molecule has 1 atom stereocenters. The van der Waals surface area contributed by atoms with Crippen molar-refractivity contribution in [2.75, 3.05) is 0 Å². The zero-order valence-corrected chi connectivity index (χ0v) is 15.6. The van der Waals surface area contributed by atoms with Crippen LogP contribution in [-0.2, 0) is 4.79 Å². The molecule has 2 aromatic carbocycles. The molecule has 0 aliphatic rings. The van der Waals surface area contributed by atoms with E-state index in [-0.39, 0.29) is 18.1 Å². The Hall–Kier alpha value is -1.84. The van der Waals surface area contributed by atoms with Crippen molar-refractivity contribution in [3.63, 3.8) is 0 Å². The maximum atomic E-state index is 12.4. The van der Waals surface area contributed by atoms with Crippen LogP contribution in [0.3, 0.4) is 0 Å². The Morgan fingerprint density at radius 1 is 0.960 bits per heavy atom. The number of halogens is 2. The summed E-state index contributed by atoms with van der Waals surface area (Å²) in [7, 11) is 0. The van der Waals surface area contributed by atoms with Crippen molar-refractivity contribution in [1.82, 2.24) is 0 Å². The number of hydrogen-bond acceptors (Lipinski definition) is 2. The first kappa shape index (κ1) is 19.5. The molecular formula is C20H20Cl2O3. The Morgan fingerprint density at radius 3 is 2.08 bits per heavy atom. The second-order valence-corrected chi connectivity index (χ2v) is 7.31. The Balaban J connectivity index is 2.14. The number of Topliss-reactive ketones (excluding diaryl/α,β-unsaturated/α-hetero) is 1. The van der Waals surface area contributed by atoms with E-state index in [9.17, 15) is 14.7 Å². The number of rotatable bonds is 7. The fourth-order valence-electron chi connectivity index (χ4n) is 2.71. The number of hydrogen-bond donors (Lipinski definition) is 1. The van der Waals surface area contributed by atoms with Crippen LogP contribution < -0.4 is 0 Å². The molecule has 0 aliphatic carbocycles. The lowest BCUT2D eigenvalue weighted by Crippen LogP contribution is -2.20. The van der Waals surface area contributed by atoms with Gasteiger partial charge >= 0.3 is 5.97 Å². The maximum Gasteiger partial charge on any atom is 0.306 e. The van der Waals surface area contributed by atoms with E-state index in [2.05, 4.69) is 0 Å². The normalized spacial score (nSPS) is 12.2. The van der Waals surface area contributed by atoms with Crippen LogP contribution in [-0.4, -0.2) is 16.9 Å². The van der Waals surface area contributed by atoms with Gasteiger partial charge in [0.2, 0.25) is 0 Å². The lowest BCUT2D eigenvalue weighted by atomic mass is 9.90. The molecular weight excluding hydrogens is 359 g/mol. The van der Waals surface area contributed by atoms with Crippen LogP contribution in [0.4, 0.5) is 0 Å². The molecule has 0 heterocycles. The van der Waals surface area contributed by atoms with E-state index in [1.54, 1.807) is 24.3 Å². The van der Waals surface area contributed by atoms with Gasteiger partial charge in [-0.1, -0.05) is 67.4 Å². The molecule has 0 bridgehead atoms. The van der Waals surface area contributed by atoms with Crippen molar-refractivity contribution in [1.29, 1.82) is 0 Å². The SMILES string of the molecule is CC(C)CC(CC(=O)c1ccc(-c2ccc(Cl)c(Cl)c2)cc1)C(=O)O. The van der Waals surface area contributed by atoms with Gasteiger partial charge in [0.25, 0.3) is 0 Å². The average Bonchev–Trinajstić information content (AvgIpc) is 2.56. The monoisotopic (exact) mass is 378 g/mol. The Kier molecular flexibility index (Phi) is 6.63. The Labute approximate surface area is 157 Å². The molecule has 0 aliphatic heterocycles. The number of aliphatic carboxylic acids is 1. The summed E-state index contributed by atoms with van der Waals surface area (Å²) in [6.45, 7) is 3.90. The van der Waals surface area contributed by atoms with E-state index in [0.29, 0.717) is 22.0 Å². The molecule has 2 rings (SSSR count). The van der Waals surface area contributed by atoms with Crippen LogP contribution in [0, 0.1) is 11.8 Å². The Bertz CT molecular complexity index is 767. The predicted molar refractivity (Wildman–Crippen MR) is 101 cm³/mol. The number of carboxylic acids is 1. The minimum absolute atomic E-state index is 0.0135. The summed E-state index contributed by atoms with van der Waals surface area (Å²) in [6.07, 6.45) is 0.502. The van der Waals surface area contributed by atoms with Gasteiger partial charge < -0.3 is 5.11 Å². The topological polar surface area (TPSA) is 54.4 Å². The molecule has 0 aromatic heterocycles. The third kappa shape index (κ3) is 5.32. The summed E-state index contributed by atoms with van der Waals surface area (Å²) in [5, 5.41) is 10.2. The van der Waals surface area contributed by atoms with Gasteiger partial charge in [0.15, 0.2) is 5.78 Å². The van der Waals surface area contributed by atoms with Crippen molar-refractivity contribution >= 4 is 35.0 Å². The van der Waals surface area contributed by atoms with Gasteiger partial charge in [-0.05, 0) is 35.6 Å². The van der Waals surface area contributed by atoms with Crippen molar-refractivity contribution in [3.05, 3.63) is 58.1 Å². The smallest absolute Gasteiger partial charge is 0.306 e. The maximum absolute atomic E-state index is 12.4. The quantitative estimate of drug-likeness (QED) is 0.602. The zero-order valence-electron chi connectivity index (χ0n) is 14.1. The third-order valence-corrected chi connectivity index (χ3v) is 4.74. The molecule has 2 aromatic rings. The van der Waals surface area contributed by atoms with Crippen LogP contribution in [0.1, 0.15) is 37.0 Å². The second kappa shape index (κ2) is 8.50. The molecule has 25 heavy (non-hydrogen) atoms. The predicted octanol–water partition coefficient (Wildman–Crippen LogP) is 5.98. The number of carbonyl (C=O) groups excluding carboxylic acids is 1. The summed E-state index contributed by atoms with van der Waals surface area (Å²) < 4.78 is 0. The van der Waals surface area contributed by atoms with Crippen LogP contribution in [0.25, 0.3) is 11.1 Å². The number of carbonyl (C=O) groups is 2. The molecule has 0 fully saturated rings. The molecule has 3 nitrogen and oxygen atoms in total. The molecule has 0 spiro atoms. The highest BCUT2D eigenvalue weighted by Crippen LogP contribution is 2.29. The summed E-state index contributed by atoms with van der Waals surface area (Å²) >= 11 is 12.0. The largest absolute Gasteiger partial charge is 0.481 e. The van der Waals surface area contributed by atoms with Gasteiger partial charge in [-0.25, -0.2) is 0 Å². The standard InChI is InChI=1S/C20H20Cl2O3/c1-12(2)9-16(20(24)25)11-19(23)14-5-3-13(4-6-14)15-7-8-17(21)18(22)10-15/h3-8,10,12,16H,9,11H2,1-2H3,(H,24,25). The number of benzene rings is 2. The fourth-order valence-corrected chi connectivity index (χ4v) is 3.00. The van der Waals surface area contributed by atoms with Gasteiger partial charge in [-0.2, -0.15) is 0 Å². The zero-order chi connectivity index (χ0) is 18.6. The molecule has 5 heteroatoms. The van der Waals surface area contributed by atoms with Gasteiger partial charge in [0, 0.05) is 12.0 Å². The highest BCUT2D eigenvalue weighted by atomic mass is 35.5. The van der Waals surface area contributed by atoms with E-state index >= 15 is 0 Å². The summed E-state index contributed by atoms with van der Waals surface area (Å²) in [5.74, 6) is -1.50. The number of carboxylic acid groups (broad SMARTS) is 1. The van der Waals surface area contributed by atoms with Crippen molar-refractivity contribution in [2.45, 2.75) is 26.7 Å². The first-order chi connectivity index (χ1) is 11.8. The molecule has 0 saturated heterocycles. The highest BCUT2D eigenvalue weighted by Gasteiger charge is 2.23. The van der Waals surface area contributed by atoms with Crippen molar-refractivity contribution < 1.29 is 14.7 Å². The highest BCUT2D eigenvalue weighted by molar-refractivity contribution is 6.42. The van der Waals surface area contributed by atoms with Gasteiger partial charge in [-0.3, -0.25) is 9.59 Å². The van der Waals surface area contributed by atoms with Gasteiger partial charge in [0.1, 0.15) is 0 Å². The lowest BCUT2D eigenvalue weighted by Gasteiger charge is -2.14. The Morgan fingerprint density at radius 2 is 1.56 bits per heavy atom. The van der Waals surface area contributed by atoms with Crippen molar-refractivity contribution in [3.8, 4) is 11.1 Å². The minimum Gasteiger partial charge on any atom is -0.481 e. The number of ketones is 1. The molecule has 1 unspecified atom stereocenters. The van der Waals surface area contributed by atoms with Crippen LogP contribution in [0.5, 0.6) is 0 Å².